The van der Waals surface area contributed by atoms with Crippen molar-refractivity contribution in [1.82, 2.24) is 29.7 Å². The van der Waals surface area contributed by atoms with Crippen LogP contribution in [0.4, 0.5) is 5.95 Å². The van der Waals surface area contributed by atoms with Gasteiger partial charge in [-0.3, -0.25) is 9.29 Å². The van der Waals surface area contributed by atoms with Gasteiger partial charge in [0, 0.05) is 25.1 Å². The fourth-order valence-corrected chi connectivity index (χ4v) is 5.10. The fourth-order valence-electron chi connectivity index (χ4n) is 3.99. The van der Waals surface area contributed by atoms with E-state index in [9.17, 15) is 8.42 Å². The first-order valence-electron chi connectivity index (χ1n) is 12.2. The Morgan fingerprint density at radius 3 is 2.59 bits per heavy atom. The van der Waals surface area contributed by atoms with E-state index in [-0.39, 0.29) is 18.2 Å². The first-order chi connectivity index (χ1) is 17.7. The van der Waals surface area contributed by atoms with Crippen LogP contribution in [0.25, 0.3) is 11.5 Å². The van der Waals surface area contributed by atoms with Gasteiger partial charge in [0.15, 0.2) is 11.6 Å². The molecule has 0 unspecified atom stereocenters. The van der Waals surface area contributed by atoms with Gasteiger partial charge in [-0.15, -0.1) is 10.2 Å². The first-order valence-corrected chi connectivity index (χ1v) is 13.7. The van der Waals surface area contributed by atoms with Crippen LogP contribution in [0.2, 0.25) is 0 Å². The lowest BCUT2D eigenvalue weighted by atomic mass is 10.2. The summed E-state index contributed by atoms with van der Waals surface area (Å²) in [5.41, 5.74) is 1.36. The van der Waals surface area contributed by atoms with Crippen LogP contribution >= 0.6 is 0 Å². The highest BCUT2D eigenvalue weighted by Gasteiger charge is 2.36. The molecule has 3 atom stereocenters. The summed E-state index contributed by atoms with van der Waals surface area (Å²) in [4.78, 5) is 13.1. The zero-order valence-electron chi connectivity index (χ0n) is 21.7. The minimum atomic E-state index is -4.02. The van der Waals surface area contributed by atoms with Gasteiger partial charge in [0.05, 0.1) is 25.9 Å². The quantitative estimate of drug-likeness (QED) is 0.392. The fraction of sp³-hybridized carbons (Fsp3) is 0.542. The second-order valence-corrected chi connectivity index (χ2v) is 11.3. The number of nitrogens with zero attached hydrogens (tertiary/aromatic N) is 6. The molecule has 0 spiro atoms. The Labute approximate surface area is 216 Å². The van der Waals surface area contributed by atoms with Gasteiger partial charge in [0.25, 0.3) is 0 Å². The summed E-state index contributed by atoms with van der Waals surface area (Å²) >= 11 is 0. The maximum Gasteiger partial charge on any atom is 0.240 e. The zero-order chi connectivity index (χ0) is 26.6. The topological polar surface area (TPSA) is 143 Å². The molecule has 3 aromatic rings. The van der Waals surface area contributed by atoms with Crippen LogP contribution in [0.5, 0.6) is 5.88 Å². The Morgan fingerprint density at radius 2 is 1.95 bits per heavy atom. The number of anilines is 1. The molecular formula is C24H33N7O5S. The van der Waals surface area contributed by atoms with E-state index in [0.29, 0.717) is 36.4 Å². The number of aryl methyl sites for hydroxylation is 1. The molecule has 0 aromatic carbocycles. The summed E-state index contributed by atoms with van der Waals surface area (Å²) in [7, 11) is -2.49. The second kappa shape index (κ2) is 11.5. The maximum atomic E-state index is 13.6. The SMILES string of the molecule is COc1cccc(-c2nnc(NS(=O)(=O)[C@@H](C)[C@@H](OC(C)C)c3ncc(C)cn3)n2C[C@H]2CCCO2)n1. The van der Waals surface area contributed by atoms with Crippen molar-refractivity contribution < 1.29 is 22.6 Å². The molecular weight excluding hydrogens is 498 g/mol. The number of methoxy groups -OCH3 is 1. The largest absolute Gasteiger partial charge is 0.481 e. The standard InChI is InChI=1S/C24H33N7O5S/c1-15(2)36-21(22-25-12-16(3)13-26-22)17(4)37(32,33)30-24-29-28-23(19-9-6-10-20(27-19)34-5)31(24)14-18-8-7-11-35-18/h6,9-10,12-13,15,17-18,21H,7-8,11,14H2,1-5H3,(H,29,30)/t17-,18+,21+/m0/s1. The maximum absolute atomic E-state index is 13.6. The molecule has 1 aliphatic heterocycles. The van der Waals surface area contributed by atoms with E-state index in [1.165, 1.54) is 7.11 Å². The smallest absolute Gasteiger partial charge is 0.240 e. The van der Waals surface area contributed by atoms with E-state index in [2.05, 4.69) is 29.9 Å². The summed E-state index contributed by atoms with van der Waals surface area (Å²) in [5, 5.41) is 7.40. The number of hydrogen-bond acceptors (Lipinski definition) is 10. The van der Waals surface area contributed by atoms with Gasteiger partial charge in [-0.05, 0) is 52.2 Å². The third kappa shape index (κ3) is 6.40. The average molecular weight is 532 g/mol. The molecule has 0 radical (unpaired) electrons. The van der Waals surface area contributed by atoms with Crippen LogP contribution in [-0.4, -0.2) is 69.3 Å². The molecule has 3 aromatic heterocycles. The molecule has 4 heterocycles. The predicted octanol–water partition coefficient (Wildman–Crippen LogP) is 2.92. The second-order valence-electron chi connectivity index (χ2n) is 9.23. The number of pyridine rings is 1. The van der Waals surface area contributed by atoms with Crippen molar-refractivity contribution in [1.29, 1.82) is 0 Å². The minimum Gasteiger partial charge on any atom is -0.481 e. The van der Waals surface area contributed by atoms with Gasteiger partial charge in [-0.25, -0.2) is 23.4 Å². The molecule has 13 heteroatoms. The van der Waals surface area contributed by atoms with Crippen molar-refractivity contribution in [3.8, 4) is 17.4 Å². The van der Waals surface area contributed by atoms with Gasteiger partial charge >= 0.3 is 0 Å². The molecule has 4 rings (SSSR count). The monoisotopic (exact) mass is 531 g/mol. The predicted molar refractivity (Wildman–Crippen MR) is 137 cm³/mol. The van der Waals surface area contributed by atoms with Crippen LogP contribution < -0.4 is 9.46 Å². The van der Waals surface area contributed by atoms with Crippen LogP contribution in [-0.2, 0) is 26.0 Å². The Bertz CT molecular complexity index is 1290. The summed E-state index contributed by atoms with van der Waals surface area (Å²) in [5.74, 6) is 1.16. The van der Waals surface area contributed by atoms with Gasteiger partial charge in [-0.2, -0.15) is 0 Å². The summed E-state index contributed by atoms with van der Waals surface area (Å²) in [6, 6.07) is 5.27. The molecule has 0 saturated carbocycles. The average Bonchev–Trinajstić information content (AvgIpc) is 3.53. The first kappa shape index (κ1) is 26.9. The lowest BCUT2D eigenvalue weighted by molar-refractivity contribution is 0.00152. The lowest BCUT2D eigenvalue weighted by Gasteiger charge is -2.25. The van der Waals surface area contributed by atoms with Crippen LogP contribution in [0.3, 0.4) is 0 Å². The number of aromatic nitrogens is 6. The van der Waals surface area contributed by atoms with Crippen molar-refractivity contribution in [2.24, 2.45) is 0 Å². The van der Waals surface area contributed by atoms with Crippen molar-refractivity contribution in [2.75, 3.05) is 18.4 Å². The van der Waals surface area contributed by atoms with E-state index in [0.717, 1.165) is 18.4 Å². The Hall–Kier alpha value is -3.16. The van der Waals surface area contributed by atoms with Gasteiger partial charge in [0.2, 0.25) is 21.9 Å². The van der Waals surface area contributed by atoms with E-state index in [1.807, 2.05) is 20.8 Å². The molecule has 12 nitrogen and oxygen atoms in total. The Balaban J connectivity index is 1.67. The summed E-state index contributed by atoms with van der Waals surface area (Å²) in [6.07, 6.45) is 3.81. The van der Waals surface area contributed by atoms with Gasteiger partial charge in [0.1, 0.15) is 17.0 Å². The Kier molecular flexibility index (Phi) is 8.35. The Morgan fingerprint density at radius 1 is 1.19 bits per heavy atom. The normalized spacial score (nSPS) is 17.6. The molecule has 0 amide bonds. The van der Waals surface area contributed by atoms with Crippen molar-refractivity contribution >= 4 is 16.0 Å². The lowest BCUT2D eigenvalue weighted by Crippen LogP contribution is -2.35. The summed E-state index contributed by atoms with van der Waals surface area (Å²) in [6.45, 7) is 8.10. The zero-order valence-corrected chi connectivity index (χ0v) is 22.5. The number of hydrogen-bond donors (Lipinski definition) is 1. The van der Waals surface area contributed by atoms with Crippen molar-refractivity contribution in [3.63, 3.8) is 0 Å². The van der Waals surface area contributed by atoms with Crippen LogP contribution in [0.15, 0.2) is 30.6 Å². The highest BCUT2D eigenvalue weighted by atomic mass is 32.2. The molecule has 1 saturated heterocycles. The van der Waals surface area contributed by atoms with E-state index in [4.69, 9.17) is 14.2 Å². The molecule has 0 aliphatic carbocycles. The number of ether oxygens (including phenoxy) is 3. The van der Waals surface area contributed by atoms with E-state index in [1.54, 1.807) is 42.1 Å². The highest BCUT2D eigenvalue weighted by Crippen LogP contribution is 2.28. The van der Waals surface area contributed by atoms with E-state index >= 15 is 0 Å². The highest BCUT2D eigenvalue weighted by molar-refractivity contribution is 7.93. The number of rotatable bonds is 11. The number of sulfonamides is 1. The molecule has 0 bridgehead atoms. The summed E-state index contributed by atoms with van der Waals surface area (Å²) < 4.78 is 48.5. The van der Waals surface area contributed by atoms with Crippen LogP contribution in [0.1, 0.15) is 51.1 Å². The van der Waals surface area contributed by atoms with Gasteiger partial charge < -0.3 is 14.2 Å². The third-order valence-corrected chi connectivity index (χ3v) is 7.64. The van der Waals surface area contributed by atoms with Crippen molar-refractivity contribution in [2.45, 2.75) is 70.6 Å². The third-order valence-electron chi connectivity index (χ3n) is 5.95. The van der Waals surface area contributed by atoms with Gasteiger partial charge in [-0.1, -0.05) is 6.07 Å². The number of nitrogens with one attached hydrogen (secondary N) is 1. The molecule has 1 aliphatic rings. The molecule has 37 heavy (non-hydrogen) atoms. The molecule has 200 valence electrons. The van der Waals surface area contributed by atoms with Crippen molar-refractivity contribution in [3.05, 3.63) is 42.0 Å². The van der Waals surface area contributed by atoms with E-state index < -0.39 is 21.4 Å². The molecule has 1 N–H and O–H groups in total. The minimum absolute atomic E-state index is 0.0649. The molecule has 1 fully saturated rings. The van der Waals surface area contributed by atoms with Crippen LogP contribution in [0, 0.1) is 6.92 Å².